The van der Waals surface area contributed by atoms with E-state index in [4.69, 9.17) is 21.2 Å². The van der Waals surface area contributed by atoms with Crippen LogP contribution in [0.4, 0.5) is 0 Å². The van der Waals surface area contributed by atoms with E-state index in [1.54, 1.807) is 0 Å². The molecule has 0 radical (unpaired) electrons. The maximum Gasteiger partial charge on any atom is 0.194 e. The van der Waals surface area contributed by atoms with E-state index in [1.807, 2.05) is 0 Å². The van der Waals surface area contributed by atoms with Gasteiger partial charge < -0.3 is 0 Å². The van der Waals surface area contributed by atoms with Crippen LogP contribution < -0.4 is 5.43 Å². The number of rotatable bonds is 1. The fourth-order valence-corrected chi connectivity index (χ4v) is 2.93. The Balaban J connectivity index is 2.29. The molecule has 1 aromatic carbocycles. The minimum Gasteiger partial charge on any atom is -0.298 e. The summed E-state index contributed by atoms with van der Waals surface area (Å²) in [5.74, 6) is 0. The zero-order valence-electron chi connectivity index (χ0n) is 18.5. The first-order valence-electron chi connectivity index (χ1n) is 10.4. The number of hydrogen-bond acceptors (Lipinski definition) is 2. The lowest BCUT2D eigenvalue weighted by molar-refractivity contribution is 0.651. The van der Waals surface area contributed by atoms with E-state index in [-0.39, 0.29) is 51.5 Å². The van der Waals surface area contributed by atoms with Crippen LogP contribution in [0.2, 0.25) is 5.02 Å². The Morgan fingerprint density at radius 2 is 2.23 bits per heavy atom. The van der Waals surface area contributed by atoms with Crippen LogP contribution in [0.15, 0.2) is 47.3 Å². The van der Waals surface area contributed by atoms with Gasteiger partial charge in [-0.25, -0.2) is 4.98 Å². The van der Waals surface area contributed by atoms with Gasteiger partial charge in [0.2, 0.25) is 0 Å². The van der Waals surface area contributed by atoms with Crippen LogP contribution in [0.3, 0.4) is 0 Å². The van der Waals surface area contributed by atoms with Crippen molar-refractivity contribution in [2.75, 3.05) is 0 Å². The number of benzene rings is 1. The molecule has 0 saturated carbocycles. The Labute approximate surface area is 143 Å². The Hall–Kier alpha value is -2.13. The number of pyridine rings is 2. The van der Waals surface area contributed by atoms with Crippen LogP contribution in [-0.2, 0) is 12.8 Å². The summed E-state index contributed by atoms with van der Waals surface area (Å²) in [6.07, 6.45) is -1.48. The molecule has 2 heterocycles. The molecular formula is C18H15ClN2O. The van der Waals surface area contributed by atoms with Crippen molar-refractivity contribution in [1.29, 1.82) is 0 Å². The van der Waals surface area contributed by atoms with Crippen LogP contribution in [0.5, 0.6) is 0 Å². The summed E-state index contributed by atoms with van der Waals surface area (Å²) >= 11 is 6.09. The average Bonchev–Trinajstić information content (AvgIpc) is 2.64. The largest absolute Gasteiger partial charge is 0.298 e. The topological polar surface area (TPSA) is 34.9 Å². The fourth-order valence-electron chi connectivity index (χ4n) is 2.76. The third-order valence-electron chi connectivity index (χ3n) is 3.69. The van der Waals surface area contributed by atoms with Crippen molar-refractivity contribution >= 4 is 22.6 Å². The molecule has 0 N–H and O–H groups in total. The molecule has 1 aliphatic rings. The van der Waals surface area contributed by atoms with Gasteiger partial charge in [0, 0.05) is 30.9 Å². The predicted octanol–water partition coefficient (Wildman–Crippen LogP) is 3.92. The molecule has 1 aliphatic carbocycles. The van der Waals surface area contributed by atoms with Gasteiger partial charge in [-0.1, -0.05) is 17.6 Å². The number of hydrogen-bond donors (Lipinski definition) is 0. The third-order valence-corrected chi connectivity index (χ3v) is 3.90. The van der Waals surface area contributed by atoms with E-state index in [0.717, 1.165) is 0 Å². The van der Waals surface area contributed by atoms with E-state index in [2.05, 4.69) is 4.98 Å². The maximum atomic E-state index is 13.1. The summed E-state index contributed by atoms with van der Waals surface area (Å²) in [7, 11) is 0. The van der Waals surface area contributed by atoms with E-state index < -0.39 is 30.1 Å². The molecule has 0 saturated heterocycles. The Kier molecular flexibility index (Phi) is 1.89. The molecule has 0 amide bonds. The van der Waals surface area contributed by atoms with Crippen molar-refractivity contribution in [2.45, 2.75) is 25.6 Å². The van der Waals surface area contributed by atoms with Crippen LogP contribution in [0, 0.1) is 0 Å². The quantitative estimate of drug-likeness (QED) is 0.682. The molecule has 4 heteroatoms. The van der Waals surface area contributed by atoms with Crippen molar-refractivity contribution in [2.24, 2.45) is 0 Å². The summed E-state index contributed by atoms with van der Waals surface area (Å²) in [6.45, 7) is 0. The first-order valence-corrected chi connectivity index (χ1v) is 7.25. The van der Waals surface area contributed by atoms with Gasteiger partial charge in [-0.05, 0) is 55.9 Å². The molecular weight excluding hydrogens is 296 g/mol. The summed E-state index contributed by atoms with van der Waals surface area (Å²) in [4.78, 5) is 17.2. The number of halogens is 1. The summed E-state index contributed by atoms with van der Waals surface area (Å²) in [5, 5.41) is -0.196. The van der Waals surface area contributed by atoms with Gasteiger partial charge in [-0.3, -0.25) is 9.36 Å². The molecule has 2 aromatic heterocycles. The molecule has 0 aliphatic heterocycles. The summed E-state index contributed by atoms with van der Waals surface area (Å²) in [6, 6.07) is 1.37. The zero-order valence-corrected chi connectivity index (χ0v) is 12.2. The van der Waals surface area contributed by atoms with Crippen LogP contribution in [0.25, 0.3) is 16.7 Å². The Morgan fingerprint density at radius 1 is 1.32 bits per heavy atom. The Morgan fingerprint density at radius 3 is 3.09 bits per heavy atom. The first-order chi connectivity index (χ1) is 13.5. The highest BCUT2D eigenvalue weighted by molar-refractivity contribution is 6.30. The average molecular weight is 318 g/mol. The van der Waals surface area contributed by atoms with Crippen molar-refractivity contribution in [3.05, 3.63) is 69.0 Å². The molecule has 0 bridgehead atoms. The second kappa shape index (κ2) is 5.25. The van der Waals surface area contributed by atoms with Crippen LogP contribution >= 0.6 is 11.6 Å². The van der Waals surface area contributed by atoms with E-state index in [1.165, 1.54) is 16.7 Å². The zero-order chi connectivity index (χ0) is 21.2. The third kappa shape index (κ3) is 2.04. The molecule has 0 atom stereocenters. The van der Waals surface area contributed by atoms with Gasteiger partial charge in [0.15, 0.2) is 5.43 Å². The lowest BCUT2D eigenvalue weighted by Gasteiger charge is -2.23. The van der Waals surface area contributed by atoms with Crippen molar-refractivity contribution in [3.8, 4) is 5.69 Å². The monoisotopic (exact) mass is 317 g/mol. The molecule has 3 aromatic rings. The van der Waals surface area contributed by atoms with Crippen molar-refractivity contribution in [1.82, 2.24) is 9.55 Å². The van der Waals surface area contributed by atoms with Crippen molar-refractivity contribution in [3.63, 3.8) is 0 Å². The van der Waals surface area contributed by atoms with Gasteiger partial charge in [0.25, 0.3) is 0 Å². The normalized spacial score (nSPS) is 20.9. The lowest BCUT2D eigenvalue weighted by atomic mass is 9.94. The van der Waals surface area contributed by atoms with Crippen molar-refractivity contribution < 1.29 is 9.60 Å². The smallest absolute Gasteiger partial charge is 0.194 e. The molecule has 0 fully saturated rings. The Bertz CT molecular complexity index is 1230. The lowest BCUT2D eigenvalue weighted by Crippen LogP contribution is -2.23. The molecule has 110 valence electrons. The first kappa shape index (κ1) is 7.93. The number of nitrogens with zero attached hydrogens (tertiary/aromatic N) is 2. The summed E-state index contributed by atoms with van der Waals surface area (Å²) < 4.78 is 58.1. The fraction of sp³-hybridized carbons (Fsp3) is 0.222. The van der Waals surface area contributed by atoms with Gasteiger partial charge in [-0.15, -0.1) is 0 Å². The van der Waals surface area contributed by atoms with Crippen LogP contribution in [-0.4, -0.2) is 9.55 Å². The second-order valence-corrected chi connectivity index (χ2v) is 5.43. The highest BCUT2D eigenvalue weighted by atomic mass is 35.5. The van der Waals surface area contributed by atoms with Gasteiger partial charge in [0.05, 0.1) is 12.2 Å². The molecule has 0 unspecified atom stereocenters. The van der Waals surface area contributed by atoms with Crippen LogP contribution in [0.1, 0.15) is 33.7 Å². The molecule has 3 nitrogen and oxygen atoms in total. The number of fused-ring (bicyclic) bond motifs is 2. The van der Waals surface area contributed by atoms with Gasteiger partial charge in [-0.2, -0.15) is 0 Å². The standard InChI is InChI=1S/C18H15ClN2O/c19-12-5-3-6-13(11-12)21-16-9-2-1-7-14(16)17(22)15-8-4-10-20-18(15)21/h3-6,8,10-11H,1-2,7,9H2/i3D,4D,5D,8D,9D2,10D. The minimum atomic E-state index is -1.89. The highest BCUT2D eigenvalue weighted by Gasteiger charge is 2.21. The van der Waals surface area contributed by atoms with E-state index in [9.17, 15) is 4.79 Å². The number of aromatic nitrogens is 2. The van der Waals surface area contributed by atoms with E-state index >= 15 is 0 Å². The van der Waals surface area contributed by atoms with Gasteiger partial charge >= 0.3 is 0 Å². The second-order valence-electron chi connectivity index (χ2n) is 5.03. The maximum absolute atomic E-state index is 13.1. The highest BCUT2D eigenvalue weighted by Crippen LogP contribution is 2.27. The molecule has 22 heavy (non-hydrogen) atoms. The molecule has 0 spiro atoms. The predicted molar refractivity (Wildman–Crippen MR) is 89.0 cm³/mol. The SMILES string of the molecule is [2H]c1cc(-n2c3c(c(=O)c4c([2H])c([2H])c([2H])nc42)CCCC3([2H])[2H])cc(Cl)c1[2H]. The minimum absolute atomic E-state index is 0.0289. The summed E-state index contributed by atoms with van der Waals surface area (Å²) in [5.41, 5.74) is -0.224. The van der Waals surface area contributed by atoms with Gasteiger partial charge in [0.1, 0.15) is 5.65 Å². The van der Waals surface area contributed by atoms with E-state index in [0.29, 0.717) is 12.8 Å². The molecule has 4 rings (SSSR count).